The van der Waals surface area contributed by atoms with E-state index in [0.29, 0.717) is 6.54 Å². The zero-order valence-corrected chi connectivity index (χ0v) is 11.0. The number of hydrogen-bond donors (Lipinski definition) is 2. The van der Waals surface area contributed by atoms with Crippen LogP contribution in [0.2, 0.25) is 0 Å². The van der Waals surface area contributed by atoms with Crippen molar-refractivity contribution < 1.29 is 8.42 Å². The van der Waals surface area contributed by atoms with Gasteiger partial charge in [-0.1, -0.05) is 6.92 Å². The molecule has 0 amide bonds. The smallest absolute Gasteiger partial charge is 0.213 e. The molecule has 0 radical (unpaired) electrons. The minimum Gasteiger partial charge on any atom is -0.316 e. The zero-order chi connectivity index (χ0) is 12.0. The Balaban J connectivity index is 2.33. The predicted octanol–water partition coefficient (Wildman–Crippen LogP) is -0.390. The van der Waals surface area contributed by atoms with Crippen LogP contribution in [0.15, 0.2) is 0 Å². The van der Waals surface area contributed by atoms with Crippen molar-refractivity contribution >= 4 is 10.0 Å². The monoisotopic (exact) mass is 249 g/mol. The van der Waals surface area contributed by atoms with Crippen molar-refractivity contribution in [2.75, 3.05) is 39.0 Å². The zero-order valence-electron chi connectivity index (χ0n) is 10.2. The predicted molar refractivity (Wildman–Crippen MR) is 66.0 cm³/mol. The lowest BCUT2D eigenvalue weighted by atomic mass is 10.1. The van der Waals surface area contributed by atoms with Crippen LogP contribution < -0.4 is 10.0 Å². The van der Waals surface area contributed by atoms with Gasteiger partial charge in [0.25, 0.3) is 0 Å². The Morgan fingerprint density at radius 3 is 2.81 bits per heavy atom. The molecular formula is C10H23N3O2S. The molecule has 1 unspecified atom stereocenters. The lowest BCUT2D eigenvalue weighted by Crippen LogP contribution is -2.47. The summed E-state index contributed by atoms with van der Waals surface area (Å²) in [5.74, 6) is 0.168. The second-order valence-corrected chi connectivity index (χ2v) is 6.27. The summed E-state index contributed by atoms with van der Waals surface area (Å²) in [6, 6.07) is 0.0883. The average Bonchev–Trinajstić information content (AvgIpc) is 2.17. The van der Waals surface area contributed by atoms with Crippen LogP contribution in [0.1, 0.15) is 19.8 Å². The standard InChI is InChI=1S/C10H23N3O2S/c1-3-11-6-8-16(14,15)12-10-5-4-7-13(2)9-10/h10-12H,3-9H2,1-2H3. The van der Waals surface area contributed by atoms with E-state index in [9.17, 15) is 8.42 Å². The Morgan fingerprint density at radius 1 is 1.44 bits per heavy atom. The van der Waals surface area contributed by atoms with Crippen molar-refractivity contribution in [2.45, 2.75) is 25.8 Å². The van der Waals surface area contributed by atoms with Gasteiger partial charge in [0.15, 0.2) is 0 Å². The van der Waals surface area contributed by atoms with Crippen molar-refractivity contribution in [2.24, 2.45) is 0 Å². The molecule has 1 atom stereocenters. The molecule has 1 aliphatic rings. The minimum absolute atomic E-state index is 0.0883. The van der Waals surface area contributed by atoms with Crippen molar-refractivity contribution in [3.05, 3.63) is 0 Å². The summed E-state index contributed by atoms with van der Waals surface area (Å²) in [5.41, 5.74) is 0. The maximum atomic E-state index is 11.7. The summed E-state index contributed by atoms with van der Waals surface area (Å²) in [5, 5.41) is 3.02. The Labute approximate surface area is 98.6 Å². The molecule has 6 heteroatoms. The summed E-state index contributed by atoms with van der Waals surface area (Å²) in [7, 11) is -1.09. The van der Waals surface area contributed by atoms with E-state index in [1.807, 2.05) is 14.0 Å². The first-order valence-corrected chi connectivity index (χ1v) is 7.58. The molecule has 0 spiro atoms. The highest BCUT2D eigenvalue weighted by atomic mass is 32.2. The normalized spacial score (nSPS) is 23.5. The van der Waals surface area contributed by atoms with Crippen LogP contribution in [0.4, 0.5) is 0 Å². The highest BCUT2D eigenvalue weighted by Crippen LogP contribution is 2.08. The summed E-state index contributed by atoms with van der Waals surface area (Å²) in [6.45, 7) is 5.18. The molecule has 0 saturated carbocycles. The second-order valence-electron chi connectivity index (χ2n) is 4.39. The van der Waals surface area contributed by atoms with E-state index in [4.69, 9.17) is 0 Å². The molecule has 0 aliphatic carbocycles. The first kappa shape index (κ1) is 13.9. The van der Waals surface area contributed by atoms with Crippen LogP contribution in [0.5, 0.6) is 0 Å². The third kappa shape index (κ3) is 5.25. The van der Waals surface area contributed by atoms with Gasteiger partial charge >= 0.3 is 0 Å². The average molecular weight is 249 g/mol. The maximum absolute atomic E-state index is 11.7. The van der Waals surface area contributed by atoms with Gasteiger partial charge in [0, 0.05) is 19.1 Å². The molecule has 5 nitrogen and oxygen atoms in total. The van der Waals surface area contributed by atoms with Crippen LogP contribution in [-0.2, 0) is 10.0 Å². The number of likely N-dealkylation sites (tertiary alicyclic amines) is 1. The van der Waals surface area contributed by atoms with Gasteiger partial charge in [-0.2, -0.15) is 0 Å². The van der Waals surface area contributed by atoms with E-state index in [1.54, 1.807) is 0 Å². The molecule has 1 saturated heterocycles. The molecule has 96 valence electrons. The third-order valence-corrected chi connectivity index (χ3v) is 4.20. The molecule has 1 aliphatic heterocycles. The van der Waals surface area contributed by atoms with Gasteiger partial charge in [0.2, 0.25) is 10.0 Å². The maximum Gasteiger partial charge on any atom is 0.213 e. The van der Waals surface area contributed by atoms with Gasteiger partial charge in [0.05, 0.1) is 5.75 Å². The Kier molecular flexibility index (Phi) is 5.68. The topological polar surface area (TPSA) is 61.4 Å². The molecule has 1 rings (SSSR count). The first-order chi connectivity index (χ1) is 7.53. The van der Waals surface area contributed by atoms with Crippen LogP contribution in [0.25, 0.3) is 0 Å². The number of rotatable bonds is 6. The molecule has 0 aromatic heterocycles. The SMILES string of the molecule is CCNCCS(=O)(=O)NC1CCCN(C)C1. The lowest BCUT2D eigenvalue weighted by molar-refractivity contribution is 0.242. The van der Waals surface area contributed by atoms with Gasteiger partial charge in [-0.05, 0) is 33.0 Å². The minimum atomic E-state index is -3.12. The fourth-order valence-corrected chi connectivity index (χ4v) is 3.19. The number of hydrogen-bond acceptors (Lipinski definition) is 4. The number of piperidine rings is 1. The summed E-state index contributed by atoms with van der Waals surface area (Å²) >= 11 is 0. The van der Waals surface area contributed by atoms with E-state index < -0.39 is 10.0 Å². The van der Waals surface area contributed by atoms with Crippen molar-refractivity contribution in [3.8, 4) is 0 Å². The number of sulfonamides is 1. The highest BCUT2D eigenvalue weighted by Gasteiger charge is 2.21. The van der Waals surface area contributed by atoms with Crippen molar-refractivity contribution in [3.63, 3.8) is 0 Å². The Hall–Kier alpha value is -0.170. The molecular weight excluding hydrogens is 226 g/mol. The molecule has 0 bridgehead atoms. The van der Waals surface area contributed by atoms with E-state index in [-0.39, 0.29) is 11.8 Å². The van der Waals surface area contributed by atoms with Gasteiger partial charge in [-0.15, -0.1) is 0 Å². The Morgan fingerprint density at radius 2 is 2.19 bits per heavy atom. The second kappa shape index (κ2) is 6.54. The van der Waals surface area contributed by atoms with Gasteiger partial charge < -0.3 is 10.2 Å². The first-order valence-electron chi connectivity index (χ1n) is 5.93. The van der Waals surface area contributed by atoms with E-state index in [2.05, 4.69) is 14.9 Å². The van der Waals surface area contributed by atoms with E-state index in [0.717, 1.165) is 32.5 Å². The van der Waals surface area contributed by atoms with Crippen molar-refractivity contribution in [1.82, 2.24) is 14.9 Å². The van der Waals surface area contributed by atoms with Gasteiger partial charge in [-0.3, -0.25) is 0 Å². The molecule has 0 aromatic carbocycles. The summed E-state index contributed by atoms with van der Waals surface area (Å²) in [4.78, 5) is 2.17. The number of nitrogens with zero attached hydrogens (tertiary/aromatic N) is 1. The molecule has 1 heterocycles. The largest absolute Gasteiger partial charge is 0.316 e. The van der Waals surface area contributed by atoms with Crippen LogP contribution in [-0.4, -0.2) is 58.3 Å². The van der Waals surface area contributed by atoms with E-state index >= 15 is 0 Å². The summed E-state index contributed by atoms with van der Waals surface area (Å²) in [6.07, 6.45) is 2.02. The Bertz CT molecular complexity index is 292. The fraction of sp³-hybridized carbons (Fsp3) is 1.00. The highest BCUT2D eigenvalue weighted by molar-refractivity contribution is 7.89. The lowest BCUT2D eigenvalue weighted by Gasteiger charge is -2.29. The summed E-state index contributed by atoms with van der Waals surface area (Å²) < 4.78 is 26.2. The van der Waals surface area contributed by atoms with E-state index in [1.165, 1.54) is 0 Å². The number of nitrogens with one attached hydrogen (secondary N) is 2. The quantitative estimate of drug-likeness (QED) is 0.629. The number of likely N-dealkylation sites (N-methyl/N-ethyl adjacent to an activating group) is 1. The third-order valence-electron chi connectivity index (χ3n) is 2.77. The van der Waals surface area contributed by atoms with Crippen LogP contribution in [0, 0.1) is 0 Å². The van der Waals surface area contributed by atoms with Gasteiger partial charge in [-0.25, -0.2) is 13.1 Å². The van der Waals surface area contributed by atoms with Gasteiger partial charge in [0.1, 0.15) is 0 Å². The fourth-order valence-electron chi connectivity index (χ4n) is 1.96. The van der Waals surface area contributed by atoms with Crippen LogP contribution in [0.3, 0.4) is 0 Å². The van der Waals surface area contributed by atoms with Crippen molar-refractivity contribution in [1.29, 1.82) is 0 Å². The van der Waals surface area contributed by atoms with Crippen LogP contribution >= 0.6 is 0 Å². The molecule has 2 N–H and O–H groups in total. The molecule has 1 fully saturated rings. The molecule has 0 aromatic rings. The molecule has 16 heavy (non-hydrogen) atoms.